The van der Waals surface area contributed by atoms with Crippen LogP contribution in [0.15, 0.2) is 0 Å². The molecule has 1 aliphatic rings. The summed E-state index contributed by atoms with van der Waals surface area (Å²) in [5, 5.41) is 4.71. The molecular formula is C16H29N3S. The van der Waals surface area contributed by atoms with E-state index in [1.165, 1.54) is 28.5 Å². The number of hydrogen-bond acceptors (Lipinski definition) is 4. The Morgan fingerprint density at radius 1 is 1.35 bits per heavy atom. The summed E-state index contributed by atoms with van der Waals surface area (Å²) < 4.78 is 0. The molecule has 1 N–H and O–H groups in total. The van der Waals surface area contributed by atoms with Gasteiger partial charge in [-0.25, -0.2) is 4.98 Å². The molecule has 0 spiro atoms. The molecule has 1 aliphatic carbocycles. The van der Waals surface area contributed by atoms with E-state index in [1.807, 2.05) is 11.3 Å². The van der Waals surface area contributed by atoms with Crippen molar-refractivity contribution in [1.29, 1.82) is 0 Å². The lowest BCUT2D eigenvalue weighted by molar-refractivity contribution is 0.545. The fourth-order valence-corrected chi connectivity index (χ4v) is 3.46. The quantitative estimate of drug-likeness (QED) is 0.865. The third kappa shape index (κ3) is 4.19. The van der Waals surface area contributed by atoms with Gasteiger partial charge in [0.1, 0.15) is 0 Å². The molecule has 0 radical (unpaired) electrons. The monoisotopic (exact) mass is 295 g/mol. The van der Waals surface area contributed by atoms with Crippen LogP contribution in [0.2, 0.25) is 0 Å². The molecule has 1 heterocycles. The minimum absolute atomic E-state index is 0.114. The fourth-order valence-electron chi connectivity index (χ4n) is 2.27. The molecule has 0 unspecified atom stereocenters. The summed E-state index contributed by atoms with van der Waals surface area (Å²) in [6.45, 7) is 13.2. The lowest BCUT2D eigenvalue weighted by atomic mass is 9.91. The van der Waals surface area contributed by atoms with Crippen molar-refractivity contribution in [3.63, 3.8) is 0 Å². The number of rotatable bonds is 6. The van der Waals surface area contributed by atoms with Crippen LogP contribution in [0.25, 0.3) is 0 Å². The molecule has 20 heavy (non-hydrogen) atoms. The number of nitrogens with one attached hydrogen (secondary N) is 1. The number of hydrogen-bond donors (Lipinski definition) is 1. The highest BCUT2D eigenvalue weighted by molar-refractivity contribution is 7.15. The van der Waals surface area contributed by atoms with Crippen molar-refractivity contribution in [2.24, 2.45) is 5.92 Å². The molecule has 0 bridgehead atoms. The molecule has 4 heteroatoms. The maximum Gasteiger partial charge on any atom is 0.185 e. The van der Waals surface area contributed by atoms with Crippen molar-refractivity contribution >= 4 is 16.5 Å². The van der Waals surface area contributed by atoms with Gasteiger partial charge in [-0.15, -0.1) is 11.3 Å². The van der Waals surface area contributed by atoms with Crippen LogP contribution < -0.4 is 10.2 Å². The summed E-state index contributed by atoms with van der Waals surface area (Å²) in [6, 6.07) is 0.512. The first-order chi connectivity index (χ1) is 9.27. The molecule has 0 atom stereocenters. The molecular weight excluding hydrogens is 266 g/mol. The van der Waals surface area contributed by atoms with Gasteiger partial charge in [-0.3, -0.25) is 0 Å². The average Bonchev–Trinajstić information content (AvgIpc) is 3.01. The molecule has 1 aromatic heterocycles. The molecule has 0 amide bonds. The summed E-state index contributed by atoms with van der Waals surface area (Å²) >= 11 is 1.86. The zero-order chi connectivity index (χ0) is 14.9. The van der Waals surface area contributed by atoms with Crippen LogP contribution >= 0.6 is 11.3 Å². The molecule has 3 nitrogen and oxygen atoms in total. The molecule has 1 saturated carbocycles. The molecule has 0 saturated heterocycles. The molecule has 1 fully saturated rings. The van der Waals surface area contributed by atoms with Gasteiger partial charge in [0.25, 0.3) is 0 Å². The summed E-state index contributed by atoms with van der Waals surface area (Å²) in [5.74, 6) is 0.902. The Balaban J connectivity index is 2.16. The van der Waals surface area contributed by atoms with E-state index < -0.39 is 0 Å². The predicted molar refractivity (Wildman–Crippen MR) is 88.8 cm³/mol. The highest BCUT2D eigenvalue weighted by Crippen LogP contribution is 2.36. The second kappa shape index (κ2) is 6.02. The van der Waals surface area contributed by atoms with Crippen LogP contribution in [-0.2, 0) is 12.0 Å². The number of nitrogens with zero attached hydrogens (tertiary/aromatic N) is 2. The smallest absolute Gasteiger partial charge is 0.185 e. The first-order valence-corrected chi connectivity index (χ1v) is 8.53. The van der Waals surface area contributed by atoms with Crippen molar-refractivity contribution < 1.29 is 0 Å². The van der Waals surface area contributed by atoms with Crippen LogP contribution in [0, 0.1) is 5.92 Å². The zero-order valence-corrected chi connectivity index (χ0v) is 14.6. The first-order valence-electron chi connectivity index (χ1n) is 7.72. The molecule has 2 rings (SSSR count). The van der Waals surface area contributed by atoms with Crippen LogP contribution in [0.1, 0.15) is 58.0 Å². The SMILES string of the molecule is CC(C)NCc1sc(N(C)CC2CC2)nc1C(C)(C)C. The Morgan fingerprint density at radius 3 is 2.50 bits per heavy atom. The highest BCUT2D eigenvalue weighted by atomic mass is 32.1. The second-order valence-corrected chi connectivity index (χ2v) is 8.44. The van der Waals surface area contributed by atoms with Gasteiger partial charge in [-0.1, -0.05) is 34.6 Å². The maximum absolute atomic E-state index is 4.94. The number of thiazole rings is 1. The van der Waals surface area contributed by atoms with E-state index in [-0.39, 0.29) is 5.41 Å². The van der Waals surface area contributed by atoms with Crippen LogP contribution in [0.5, 0.6) is 0 Å². The van der Waals surface area contributed by atoms with Gasteiger partial charge in [0.05, 0.1) is 5.69 Å². The number of aromatic nitrogens is 1. The van der Waals surface area contributed by atoms with E-state index in [4.69, 9.17) is 4.98 Å². The summed E-state index contributed by atoms with van der Waals surface area (Å²) in [4.78, 5) is 8.68. The van der Waals surface area contributed by atoms with E-state index in [9.17, 15) is 0 Å². The highest BCUT2D eigenvalue weighted by Gasteiger charge is 2.27. The van der Waals surface area contributed by atoms with Crippen LogP contribution in [-0.4, -0.2) is 24.6 Å². The van der Waals surface area contributed by atoms with E-state index in [2.05, 4.69) is 51.9 Å². The molecule has 0 aromatic carbocycles. The van der Waals surface area contributed by atoms with Crippen molar-refractivity contribution in [1.82, 2.24) is 10.3 Å². The summed E-state index contributed by atoms with van der Waals surface area (Å²) in [6.07, 6.45) is 2.78. The van der Waals surface area contributed by atoms with E-state index in [0.29, 0.717) is 6.04 Å². The minimum Gasteiger partial charge on any atom is -0.351 e. The van der Waals surface area contributed by atoms with Gasteiger partial charge in [0.2, 0.25) is 0 Å². The third-order valence-electron chi connectivity index (χ3n) is 3.62. The van der Waals surface area contributed by atoms with Gasteiger partial charge < -0.3 is 10.2 Å². The Morgan fingerprint density at radius 2 is 2.00 bits per heavy atom. The standard InChI is InChI=1S/C16H29N3S/c1-11(2)17-9-13-14(16(3,4)5)18-15(20-13)19(6)10-12-7-8-12/h11-12,17H,7-10H2,1-6H3. The van der Waals surface area contributed by atoms with Gasteiger partial charge in [-0.05, 0) is 18.8 Å². The first kappa shape index (κ1) is 15.8. The van der Waals surface area contributed by atoms with Crippen molar-refractivity contribution in [2.45, 2.75) is 65.5 Å². The van der Waals surface area contributed by atoms with Crippen molar-refractivity contribution in [3.8, 4) is 0 Å². The number of anilines is 1. The minimum atomic E-state index is 0.114. The second-order valence-electron chi connectivity index (χ2n) is 7.38. The Kier molecular flexibility index (Phi) is 4.75. The van der Waals surface area contributed by atoms with Gasteiger partial charge in [0, 0.05) is 36.5 Å². The lowest BCUT2D eigenvalue weighted by Gasteiger charge is -2.18. The van der Waals surface area contributed by atoms with Crippen LogP contribution in [0.4, 0.5) is 5.13 Å². The van der Waals surface area contributed by atoms with Crippen LogP contribution in [0.3, 0.4) is 0 Å². The fraction of sp³-hybridized carbons (Fsp3) is 0.812. The topological polar surface area (TPSA) is 28.2 Å². The van der Waals surface area contributed by atoms with Gasteiger partial charge in [0.15, 0.2) is 5.13 Å². The average molecular weight is 295 g/mol. The lowest BCUT2D eigenvalue weighted by Crippen LogP contribution is -2.24. The third-order valence-corrected chi connectivity index (χ3v) is 4.79. The largest absolute Gasteiger partial charge is 0.351 e. The van der Waals surface area contributed by atoms with E-state index >= 15 is 0 Å². The summed E-state index contributed by atoms with van der Waals surface area (Å²) in [5.41, 5.74) is 1.37. The molecule has 0 aliphatic heterocycles. The van der Waals surface area contributed by atoms with Crippen molar-refractivity contribution in [2.75, 3.05) is 18.5 Å². The normalized spacial score (nSPS) is 15.9. The summed E-state index contributed by atoms with van der Waals surface area (Å²) in [7, 11) is 2.18. The Bertz CT molecular complexity index is 441. The van der Waals surface area contributed by atoms with Gasteiger partial charge in [-0.2, -0.15) is 0 Å². The van der Waals surface area contributed by atoms with Crippen molar-refractivity contribution in [3.05, 3.63) is 10.6 Å². The van der Waals surface area contributed by atoms with Gasteiger partial charge >= 0.3 is 0 Å². The Labute approximate surface area is 127 Å². The van der Waals surface area contributed by atoms with E-state index in [0.717, 1.165) is 19.0 Å². The molecule has 1 aromatic rings. The maximum atomic E-state index is 4.94. The predicted octanol–water partition coefficient (Wildman–Crippen LogP) is 3.78. The van der Waals surface area contributed by atoms with E-state index in [1.54, 1.807) is 0 Å². The zero-order valence-electron chi connectivity index (χ0n) is 13.8. The molecule has 114 valence electrons. The Hall–Kier alpha value is -0.610.